The Bertz CT molecular complexity index is 1790. The average Bonchev–Trinajstić information content (AvgIpc) is 3.28. The molecule has 0 N–H and O–H groups in total. The molecule has 1 aromatic heterocycles. The van der Waals surface area contributed by atoms with Gasteiger partial charge < -0.3 is 9.29 Å². The van der Waals surface area contributed by atoms with E-state index in [1.165, 1.54) is 11.4 Å². The standard InChI is InChI=1S/C29H21N3O5S/c1-37-29(34)21-13-15-26(20-9-4-3-8-19(20)21)32(38(35)36)25-12-6-10-23-22(25)14-16-27(30-23)31-24-11-5-2-7-18(24)17-28(31)33/h2-16H,17H2,1H3,(H,35,36)/p-1. The van der Waals surface area contributed by atoms with Crippen molar-refractivity contribution in [1.29, 1.82) is 0 Å². The summed E-state index contributed by atoms with van der Waals surface area (Å²) in [6.45, 7) is 0. The van der Waals surface area contributed by atoms with Crippen LogP contribution in [0.4, 0.5) is 22.9 Å². The minimum absolute atomic E-state index is 0.0753. The summed E-state index contributed by atoms with van der Waals surface area (Å²) in [5.41, 5.74) is 3.36. The number of hydrogen-bond acceptors (Lipinski definition) is 6. The summed E-state index contributed by atoms with van der Waals surface area (Å²) < 4.78 is 31.5. The zero-order chi connectivity index (χ0) is 26.4. The molecule has 2 heterocycles. The molecule has 1 unspecified atom stereocenters. The number of ether oxygens (including phenoxy) is 1. The van der Waals surface area contributed by atoms with Gasteiger partial charge in [0.1, 0.15) is 5.82 Å². The van der Waals surface area contributed by atoms with Crippen molar-refractivity contribution in [2.75, 3.05) is 16.3 Å². The molecule has 0 spiro atoms. The van der Waals surface area contributed by atoms with Crippen LogP contribution in [0.2, 0.25) is 0 Å². The van der Waals surface area contributed by atoms with Crippen LogP contribution in [0.1, 0.15) is 15.9 Å². The Labute approximate surface area is 220 Å². The smallest absolute Gasteiger partial charge is 0.338 e. The van der Waals surface area contributed by atoms with Crippen LogP contribution < -0.4 is 9.21 Å². The van der Waals surface area contributed by atoms with E-state index in [0.717, 1.165) is 11.3 Å². The van der Waals surface area contributed by atoms with Gasteiger partial charge in [-0.25, -0.2) is 9.78 Å². The number of benzene rings is 4. The molecule has 9 heteroatoms. The van der Waals surface area contributed by atoms with Crippen molar-refractivity contribution in [2.24, 2.45) is 0 Å². The number of aromatic nitrogens is 1. The Morgan fingerprint density at radius 2 is 1.63 bits per heavy atom. The highest BCUT2D eigenvalue weighted by molar-refractivity contribution is 7.81. The number of methoxy groups -OCH3 is 1. The van der Waals surface area contributed by atoms with E-state index in [1.54, 1.807) is 71.6 Å². The molecular formula is C29H20N3O5S-. The molecule has 1 aliphatic rings. The first-order chi connectivity index (χ1) is 18.5. The molecule has 6 rings (SSSR count). The normalized spacial score (nSPS) is 13.5. The van der Waals surface area contributed by atoms with Gasteiger partial charge in [0.15, 0.2) is 0 Å². The van der Waals surface area contributed by atoms with E-state index < -0.39 is 17.2 Å². The number of para-hydroxylation sites is 1. The molecule has 1 aliphatic heterocycles. The maximum absolute atomic E-state index is 12.8. The number of esters is 1. The summed E-state index contributed by atoms with van der Waals surface area (Å²) in [5.74, 6) is -0.122. The predicted molar refractivity (Wildman–Crippen MR) is 145 cm³/mol. The van der Waals surface area contributed by atoms with E-state index in [4.69, 9.17) is 9.72 Å². The maximum Gasteiger partial charge on any atom is 0.338 e. The molecule has 0 saturated carbocycles. The predicted octanol–water partition coefficient (Wildman–Crippen LogP) is 5.33. The first kappa shape index (κ1) is 23.8. The topological polar surface area (TPSA) is 103 Å². The van der Waals surface area contributed by atoms with Crippen molar-refractivity contribution in [3.63, 3.8) is 0 Å². The van der Waals surface area contributed by atoms with Crippen molar-refractivity contribution in [2.45, 2.75) is 6.42 Å². The fraction of sp³-hybridized carbons (Fsp3) is 0.0690. The van der Waals surface area contributed by atoms with E-state index in [0.29, 0.717) is 50.9 Å². The molecule has 1 atom stereocenters. The molecular weight excluding hydrogens is 502 g/mol. The highest BCUT2D eigenvalue weighted by Crippen LogP contribution is 2.40. The summed E-state index contributed by atoms with van der Waals surface area (Å²) in [5, 5.41) is 1.72. The molecule has 0 aliphatic carbocycles. The lowest BCUT2D eigenvalue weighted by molar-refractivity contribution is -0.116. The zero-order valence-electron chi connectivity index (χ0n) is 20.2. The molecule has 0 saturated heterocycles. The van der Waals surface area contributed by atoms with E-state index in [2.05, 4.69) is 0 Å². The summed E-state index contributed by atoms with van der Waals surface area (Å²) in [4.78, 5) is 31.5. The van der Waals surface area contributed by atoms with E-state index in [-0.39, 0.29) is 5.91 Å². The zero-order valence-corrected chi connectivity index (χ0v) is 21.0. The number of fused-ring (bicyclic) bond motifs is 3. The van der Waals surface area contributed by atoms with Crippen LogP contribution in [0.25, 0.3) is 21.7 Å². The minimum Gasteiger partial charge on any atom is -0.755 e. The molecule has 4 aromatic carbocycles. The Morgan fingerprint density at radius 3 is 2.42 bits per heavy atom. The van der Waals surface area contributed by atoms with Crippen LogP contribution in [0.5, 0.6) is 0 Å². The SMILES string of the molecule is COC(=O)c1ccc(N(c2cccc3nc(N4C(=O)Cc5ccccc54)ccc23)S(=O)[O-])c2ccccc12. The lowest BCUT2D eigenvalue weighted by Crippen LogP contribution is -2.22. The maximum atomic E-state index is 12.8. The van der Waals surface area contributed by atoms with Crippen molar-refractivity contribution in [3.8, 4) is 0 Å². The molecule has 0 radical (unpaired) electrons. The average molecular weight is 523 g/mol. The Kier molecular flexibility index (Phi) is 5.86. The summed E-state index contributed by atoms with van der Waals surface area (Å²) in [7, 11) is 1.30. The Morgan fingerprint density at radius 1 is 0.895 bits per heavy atom. The number of carbonyl (C=O) groups is 2. The van der Waals surface area contributed by atoms with Crippen LogP contribution in [0.15, 0.2) is 91.0 Å². The first-order valence-corrected chi connectivity index (χ1v) is 12.8. The van der Waals surface area contributed by atoms with Crippen molar-refractivity contribution in [3.05, 3.63) is 102 Å². The summed E-state index contributed by atoms with van der Waals surface area (Å²) >= 11 is -2.70. The second-order valence-corrected chi connectivity index (χ2v) is 9.53. The molecule has 5 aromatic rings. The van der Waals surface area contributed by atoms with E-state index >= 15 is 0 Å². The second-order valence-electron chi connectivity index (χ2n) is 8.73. The molecule has 8 nitrogen and oxygen atoms in total. The number of nitrogens with zero attached hydrogens (tertiary/aromatic N) is 3. The Hall–Kier alpha value is -4.60. The van der Waals surface area contributed by atoms with E-state index in [9.17, 15) is 18.4 Å². The van der Waals surface area contributed by atoms with Gasteiger partial charge in [0, 0.05) is 10.8 Å². The molecule has 38 heavy (non-hydrogen) atoms. The van der Waals surface area contributed by atoms with Crippen LogP contribution in [-0.2, 0) is 27.2 Å². The van der Waals surface area contributed by atoms with Crippen LogP contribution in [0.3, 0.4) is 0 Å². The van der Waals surface area contributed by atoms with Gasteiger partial charge in [0.05, 0.1) is 52.9 Å². The third kappa shape index (κ3) is 3.80. The van der Waals surface area contributed by atoms with Gasteiger partial charge in [0.2, 0.25) is 5.91 Å². The largest absolute Gasteiger partial charge is 0.755 e. The fourth-order valence-corrected chi connectivity index (χ4v) is 5.61. The second kappa shape index (κ2) is 9.37. The highest BCUT2D eigenvalue weighted by atomic mass is 32.2. The summed E-state index contributed by atoms with van der Waals surface area (Å²) in [6.07, 6.45) is 0.299. The quantitative estimate of drug-likeness (QED) is 0.228. The van der Waals surface area contributed by atoms with Crippen LogP contribution in [0, 0.1) is 0 Å². The number of pyridine rings is 1. The van der Waals surface area contributed by atoms with Gasteiger partial charge >= 0.3 is 5.97 Å². The van der Waals surface area contributed by atoms with Gasteiger partial charge in [-0.05, 0) is 53.4 Å². The van der Waals surface area contributed by atoms with Gasteiger partial charge in [-0.3, -0.25) is 18.2 Å². The first-order valence-electron chi connectivity index (χ1n) is 11.8. The molecule has 0 bridgehead atoms. The van der Waals surface area contributed by atoms with E-state index in [1.807, 2.05) is 24.3 Å². The lowest BCUT2D eigenvalue weighted by atomic mass is 10.0. The van der Waals surface area contributed by atoms with Crippen molar-refractivity contribution in [1.82, 2.24) is 4.98 Å². The third-order valence-corrected chi connectivity index (χ3v) is 7.33. The highest BCUT2D eigenvalue weighted by Gasteiger charge is 2.29. The minimum atomic E-state index is -2.70. The van der Waals surface area contributed by atoms with Crippen molar-refractivity contribution < 1.29 is 23.1 Å². The Balaban J connectivity index is 1.50. The summed E-state index contributed by atoms with van der Waals surface area (Å²) in [6, 6.07) is 26.5. The van der Waals surface area contributed by atoms with Crippen LogP contribution in [-0.4, -0.2) is 32.7 Å². The third-order valence-electron chi connectivity index (χ3n) is 6.64. The molecule has 188 valence electrons. The number of amides is 1. The monoisotopic (exact) mass is 522 g/mol. The van der Waals surface area contributed by atoms with Gasteiger partial charge in [0.25, 0.3) is 0 Å². The number of anilines is 4. The number of carbonyl (C=O) groups excluding carboxylic acids is 2. The van der Waals surface area contributed by atoms with Gasteiger partial charge in [-0.2, -0.15) is 0 Å². The fourth-order valence-electron chi connectivity index (χ4n) is 4.97. The lowest BCUT2D eigenvalue weighted by Gasteiger charge is -2.29. The molecule has 1 amide bonds. The molecule has 0 fully saturated rings. The number of hydrogen-bond donors (Lipinski definition) is 0. The van der Waals surface area contributed by atoms with Crippen LogP contribution >= 0.6 is 0 Å². The van der Waals surface area contributed by atoms with Crippen molar-refractivity contribution >= 4 is 67.7 Å². The van der Waals surface area contributed by atoms with Gasteiger partial charge in [-0.1, -0.05) is 48.5 Å². The van der Waals surface area contributed by atoms with Gasteiger partial charge in [-0.15, -0.1) is 0 Å². The number of rotatable bonds is 5.